The number of nitrogens with two attached hydrogens (primary N) is 1. The highest BCUT2D eigenvalue weighted by atomic mass is 19.1. The van der Waals surface area contributed by atoms with Gasteiger partial charge in [0.25, 0.3) is 0 Å². The van der Waals surface area contributed by atoms with Crippen molar-refractivity contribution in [2.24, 2.45) is 0 Å². The third-order valence-electron chi connectivity index (χ3n) is 2.31. The van der Waals surface area contributed by atoms with Gasteiger partial charge in [0, 0.05) is 31.4 Å². The number of halogens is 1. The maximum Gasteiger partial charge on any atom is 0.138 e. The second-order valence-electron chi connectivity index (χ2n) is 3.59. The Balaban J connectivity index is 2.90. The number of nitrogens with zero attached hydrogens (tertiary/aromatic N) is 2. The summed E-state index contributed by atoms with van der Waals surface area (Å²) in [6.07, 6.45) is 1.63. The second kappa shape index (κ2) is 3.38. The Morgan fingerprint density at radius 3 is 2.67 bits per heavy atom. The molecule has 1 aromatic heterocycles. The van der Waals surface area contributed by atoms with Gasteiger partial charge in [0.1, 0.15) is 11.6 Å². The van der Waals surface area contributed by atoms with E-state index in [2.05, 4.69) is 4.98 Å². The number of pyridine rings is 1. The molecule has 15 heavy (non-hydrogen) atoms. The summed E-state index contributed by atoms with van der Waals surface area (Å²) in [4.78, 5) is 5.91. The molecular weight excluding hydrogens is 193 g/mol. The summed E-state index contributed by atoms with van der Waals surface area (Å²) in [5, 5.41) is 1.18. The van der Waals surface area contributed by atoms with Crippen LogP contribution in [-0.2, 0) is 0 Å². The molecule has 0 amide bonds. The Kier molecular flexibility index (Phi) is 2.19. The fourth-order valence-corrected chi connectivity index (χ4v) is 1.60. The minimum absolute atomic E-state index is 0.295. The van der Waals surface area contributed by atoms with E-state index < -0.39 is 0 Å². The molecule has 0 aliphatic heterocycles. The first kappa shape index (κ1) is 9.71. The van der Waals surface area contributed by atoms with E-state index in [1.165, 1.54) is 6.07 Å². The van der Waals surface area contributed by atoms with Crippen LogP contribution in [0.25, 0.3) is 10.8 Å². The lowest BCUT2D eigenvalue weighted by molar-refractivity contribution is 0.639. The highest BCUT2D eigenvalue weighted by Gasteiger charge is 2.10. The van der Waals surface area contributed by atoms with Crippen LogP contribution >= 0.6 is 0 Å². The zero-order valence-electron chi connectivity index (χ0n) is 8.66. The van der Waals surface area contributed by atoms with Gasteiger partial charge < -0.3 is 10.6 Å². The zero-order chi connectivity index (χ0) is 11.0. The minimum atomic E-state index is -0.295. The number of hydrogen-bond acceptors (Lipinski definition) is 3. The first-order valence-electron chi connectivity index (χ1n) is 4.61. The van der Waals surface area contributed by atoms with E-state index in [1.54, 1.807) is 23.2 Å². The van der Waals surface area contributed by atoms with Crippen LogP contribution in [0.15, 0.2) is 24.4 Å². The van der Waals surface area contributed by atoms with Gasteiger partial charge in [-0.05, 0) is 18.2 Å². The van der Waals surface area contributed by atoms with Gasteiger partial charge in [-0.1, -0.05) is 0 Å². The minimum Gasteiger partial charge on any atom is -0.398 e. The Hall–Kier alpha value is -1.84. The summed E-state index contributed by atoms with van der Waals surface area (Å²) in [6, 6.07) is 4.66. The molecule has 2 N–H and O–H groups in total. The molecule has 0 atom stereocenters. The van der Waals surface area contributed by atoms with E-state index in [4.69, 9.17) is 5.73 Å². The summed E-state index contributed by atoms with van der Waals surface area (Å²) >= 11 is 0. The van der Waals surface area contributed by atoms with Crippen molar-refractivity contribution < 1.29 is 4.39 Å². The van der Waals surface area contributed by atoms with Crippen LogP contribution in [-0.4, -0.2) is 19.1 Å². The lowest BCUT2D eigenvalue weighted by atomic mass is 10.1. The third kappa shape index (κ3) is 1.48. The number of hydrogen-bond donors (Lipinski definition) is 1. The first-order valence-corrected chi connectivity index (χ1v) is 4.61. The molecule has 0 unspecified atom stereocenters. The maximum atomic E-state index is 13.7. The lowest BCUT2D eigenvalue weighted by Gasteiger charge is -2.14. The van der Waals surface area contributed by atoms with Crippen molar-refractivity contribution in [2.45, 2.75) is 0 Å². The van der Waals surface area contributed by atoms with E-state index >= 15 is 0 Å². The maximum absolute atomic E-state index is 13.7. The van der Waals surface area contributed by atoms with Crippen molar-refractivity contribution in [3.05, 3.63) is 30.2 Å². The fourth-order valence-electron chi connectivity index (χ4n) is 1.60. The normalized spacial score (nSPS) is 10.6. The number of nitrogen functional groups attached to an aromatic ring is 1. The van der Waals surface area contributed by atoms with Crippen LogP contribution in [0.1, 0.15) is 0 Å². The van der Waals surface area contributed by atoms with Crippen LogP contribution in [0.4, 0.5) is 15.9 Å². The van der Waals surface area contributed by atoms with Gasteiger partial charge in [-0.25, -0.2) is 9.37 Å². The first-order chi connectivity index (χ1) is 7.11. The molecule has 3 nitrogen and oxygen atoms in total. The van der Waals surface area contributed by atoms with Gasteiger partial charge >= 0.3 is 0 Å². The Bertz CT molecular complexity index is 508. The molecule has 1 aromatic carbocycles. The van der Waals surface area contributed by atoms with Gasteiger partial charge in [0.2, 0.25) is 0 Å². The van der Waals surface area contributed by atoms with Crippen molar-refractivity contribution in [2.75, 3.05) is 24.7 Å². The smallest absolute Gasteiger partial charge is 0.138 e. The Morgan fingerprint density at radius 1 is 1.27 bits per heavy atom. The topological polar surface area (TPSA) is 42.2 Å². The molecule has 0 bridgehead atoms. The molecule has 0 aliphatic carbocycles. The van der Waals surface area contributed by atoms with E-state index in [0.29, 0.717) is 22.3 Å². The fraction of sp³-hybridized carbons (Fsp3) is 0.182. The van der Waals surface area contributed by atoms with Gasteiger partial charge in [-0.15, -0.1) is 0 Å². The van der Waals surface area contributed by atoms with E-state index in [-0.39, 0.29) is 5.82 Å². The number of benzene rings is 1. The highest BCUT2D eigenvalue weighted by Crippen LogP contribution is 2.29. The largest absolute Gasteiger partial charge is 0.398 e. The predicted molar refractivity (Wildman–Crippen MR) is 60.4 cm³/mol. The summed E-state index contributed by atoms with van der Waals surface area (Å²) in [5.41, 5.74) is 6.35. The molecule has 0 saturated heterocycles. The van der Waals surface area contributed by atoms with Crippen LogP contribution in [0, 0.1) is 5.82 Å². The average Bonchev–Trinajstić information content (AvgIpc) is 2.23. The molecule has 4 heteroatoms. The second-order valence-corrected chi connectivity index (χ2v) is 3.59. The SMILES string of the molecule is CN(C)c1nccc2c(N)ccc(F)c12. The quantitative estimate of drug-likeness (QED) is 0.724. The number of anilines is 2. The van der Waals surface area contributed by atoms with Gasteiger partial charge in [-0.3, -0.25) is 0 Å². The number of aromatic nitrogens is 1. The van der Waals surface area contributed by atoms with Crippen molar-refractivity contribution in [1.82, 2.24) is 4.98 Å². The summed E-state index contributed by atoms with van der Waals surface area (Å²) in [6.45, 7) is 0. The summed E-state index contributed by atoms with van der Waals surface area (Å²) < 4.78 is 13.7. The average molecular weight is 205 g/mol. The molecule has 1 heterocycles. The molecule has 2 rings (SSSR count). The summed E-state index contributed by atoms with van der Waals surface area (Å²) in [5.74, 6) is 0.299. The molecule has 0 radical (unpaired) electrons. The van der Waals surface area contributed by atoms with Crippen LogP contribution in [0.5, 0.6) is 0 Å². The van der Waals surface area contributed by atoms with Crippen molar-refractivity contribution in [3.63, 3.8) is 0 Å². The Labute approximate surface area is 87.3 Å². The van der Waals surface area contributed by atoms with Crippen molar-refractivity contribution >= 4 is 22.3 Å². The molecule has 2 aromatic rings. The number of fused-ring (bicyclic) bond motifs is 1. The third-order valence-corrected chi connectivity index (χ3v) is 2.31. The molecule has 0 spiro atoms. The standard InChI is InChI=1S/C11H12FN3/c1-15(2)11-10-7(5-6-14-11)9(13)4-3-8(10)12/h3-6H,13H2,1-2H3. The predicted octanol–water partition coefficient (Wildman–Crippen LogP) is 2.02. The van der Waals surface area contributed by atoms with E-state index in [1.807, 2.05) is 14.1 Å². The molecule has 0 saturated carbocycles. The van der Waals surface area contributed by atoms with Crippen LogP contribution < -0.4 is 10.6 Å². The highest BCUT2D eigenvalue weighted by molar-refractivity contribution is 5.99. The molecule has 0 aliphatic rings. The Morgan fingerprint density at radius 2 is 2.00 bits per heavy atom. The van der Waals surface area contributed by atoms with E-state index in [9.17, 15) is 4.39 Å². The zero-order valence-corrected chi connectivity index (χ0v) is 8.66. The summed E-state index contributed by atoms with van der Waals surface area (Å²) in [7, 11) is 3.65. The number of rotatable bonds is 1. The lowest BCUT2D eigenvalue weighted by Crippen LogP contribution is -2.11. The molecular formula is C11H12FN3. The van der Waals surface area contributed by atoms with Crippen LogP contribution in [0.2, 0.25) is 0 Å². The van der Waals surface area contributed by atoms with Crippen molar-refractivity contribution in [3.8, 4) is 0 Å². The molecule has 0 fully saturated rings. The van der Waals surface area contributed by atoms with Gasteiger partial charge in [0.05, 0.1) is 5.39 Å². The van der Waals surface area contributed by atoms with Gasteiger partial charge in [0.15, 0.2) is 0 Å². The van der Waals surface area contributed by atoms with Crippen LogP contribution in [0.3, 0.4) is 0 Å². The monoisotopic (exact) mass is 205 g/mol. The van der Waals surface area contributed by atoms with Gasteiger partial charge in [-0.2, -0.15) is 0 Å². The molecule has 78 valence electrons. The van der Waals surface area contributed by atoms with E-state index in [0.717, 1.165) is 0 Å². The van der Waals surface area contributed by atoms with Crippen molar-refractivity contribution in [1.29, 1.82) is 0 Å².